The Bertz CT molecular complexity index is 942. The van der Waals surface area contributed by atoms with E-state index in [2.05, 4.69) is 5.32 Å². The molecular formula is C25H32FN3O3. The number of methoxy groups -OCH3 is 1. The van der Waals surface area contributed by atoms with Gasteiger partial charge in [0.2, 0.25) is 5.91 Å². The van der Waals surface area contributed by atoms with Gasteiger partial charge in [-0.15, -0.1) is 0 Å². The maximum atomic E-state index is 13.5. The van der Waals surface area contributed by atoms with Gasteiger partial charge in [-0.1, -0.05) is 25.3 Å². The Labute approximate surface area is 189 Å². The van der Waals surface area contributed by atoms with Gasteiger partial charge < -0.3 is 19.9 Å². The standard InChI is InChI=1S/C25H32FN3O3/c1-28(2)23-13-12-21(27-25(31)18-8-7-9-20(26)14-18)15-19(23)16-29(24(30)17-32-3)22-10-5-4-6-11-22/h7-9,12-15,22H,4-6,10-11,16-17H2,1-3H3,(H,27,31). The van der Waals surface area contributed by atoms with Crippen molar-refractivity contribution in [1.29, 1.82) is 0 Å². The van der Waals surface area contributed by atoms with E-state index in [1.165, 1.54) is 31.7 Å². The lowest BCUT2D eigenvalue weighted by Gasteiger charge is -2.35. The highest BCUT2D eigenvalue weighted by Gasteiger charge is 2.26. The Morgan fingerprint density at radius 2 is 1.84 bits per heavy atom. The zero-order valence-corrected chi connectivity index (χ0v) is 19.1. The predicted octanol–water partition coefficient (Wildman–Crippen LogP) is 4.45. The average Bonchev–Trinajstić information content (AvgIpc) is 2.78. The molecule has 2 aromatic carbocycles. The number of benzene rings is 2. The van der Waals surface area contributed by atoms with E-state index in [-0.39, 0.29) is 30.0 Å². The molecule has 1 N–H and O–H groups in total. The molecule has 0 saturated heterocycles. The van der Waals surface area contributed by atoms with Crippen LogP contribution in [0.1, 0.15) is 48.0 Å². The van der Waals surface area contributed by atoms with Gasteiger partial charge in [0, 0.05) is 50.7 Å². The van der Waals surface area contributed by atoms with Crippen molar-refractivity contribution < 1.29 is 18.7 Å². The first kappa shape index (κ1) is 23.7. The van der Waals surface area contributed by atoms with Gasteiger partial charge in [0.1, 0.15) is 12.4 Å². The molecule has 1 fully saturated rings. The molecule has 0 unspecified atom stereocenters. The molecule has 0 aliphatic heterocycles. The van der Waals surface area contributed by atoms with Crippen LogP contribution >= 0.6 is 0 Å². The SMILES string of the molecule is COCC(=O)N(Cc1cc(NC(=O)c2cccc(F)c2)ccc1N(C)C)C1CCCCC1. The minimum absolute atomic E-state index is 0.0293. The van der Waals surface area contributed by atoms with Crippen LogP contribution in [0.2, 0.25) is 0 Å². The Hall–Kier alpha value is -2.93. The number of halogens is 1. The van der Waals surface area contributed by atoms with E-state index in [1.807, 2.05) is 42.1 Å². The number of hydrogen-bond acceptors (Lipinski definition) is 4. The van der Waals surface area contributed by atoms with Gasteiger partial charge in [0.15, 0.2) is 0 Å². The molecule has 1 saturated carbocycles. The third kappa shape index (κ3) is 6.07. The molecule has 172 valence electrons. The van der Waals surface area contributed by atoms with Crippen LogP contribution in [0.4, 0.5) is 15.8 Å². The molecule has 0 aromatic heterocycles. The van der Waals surface area contributed by atoms with Crippen LogP contribution < -0.4 is 10.2 Å². The second kappa shape index (κ2) is 11.1. The summed E-state index contributed by atoms with van der Waals surface area (Å²) in [6, 6.07) is 11.4. The van der Waals surface area contributed by atoms with Crippen molar-refractivity contribution >= 4 is 23.2 Å². The monoisotopic (exact) mass is 441 g/mol. The quantitative estimate of drug-likeness (QED) is 0.657. The summed E-state index contributed by atoms with van der Waals surface area (Å²) >= 11 is 0. The smallest absolute Gasteiger partial charge is 0.255 e. The molecule has 0 radical (unpaired) electrons. The van der Waals surface area contributed by atoms with Gasteiger partial charge in [0.05, 0.1) is 0 Å². The molecule has 0 bridgehead atoms. The lowest BCUT2D eigenvalue weighted by atomic mass is 9.93. The molecule has 1 aliphatic carbocycles. The highest BCUT2D eigenvalue weighted by molar-refractivity contribution is 6.04. The summed E-state index contributed by atoms with van der Waals surface area (Å²) in [5, 5.41) is 2.85. The molecule has 2 aromatic rings. The second-order valence-corrected chi connectivity index (χ2v) is 8.45. The molecule has 7 heteroatoms. The van der Waals surface area contributed by atoms with Crippen molar-refractivity contribution in [2.75, 3.05) is 38.0 Å². The van der Waals surface area contributed by atoms with E-state index >= 15 is 0 Å². The number of amides is 2. The molecular weight excluding hydrogens is 409 g/mol. The van der Waals surface area contributed by atoms with E-state index in [0.29, 0.717) is 12.2 Å². The molecule has 2 amide bonds. The van der Waals surface area contributed by atoms with Gasteiger partial charge in [-0.3, -0.25) is 9.59 Å². The summed E-state index contributed by atoms with van der Waals surface area (Å²) in [6.45, 7) is 0.480. The maximum Gasteiger partial charge on any atom is 0.255 e. The van der Waals surface area contributed by atoms with Gasteiger partial charge in [-0.2, -0.15) is 0 Å². The zero-order chi connectivity index (χ0) is 23.1. The number of ether oxygens (including phenoxy) is 1. The molecule has 0 atom stereocenters. The normalized spacial score (nSPS) is 14.1. The van der Waals surface area contributed by atoms with Gasteiger partial charge in [0.25, 0.3) is 5.91 Å². The summed E-state index contributed by atoms with van der Waals surface area (Å²) < 4.78 is 18.6. The van der Waals surface area contributed by atoms with Gasteiger partial charge in [-0.25, -0.2) is 4.39 Å². The third-order valence-corrected chi connectivity index (χ3v) is 5.85. The van der Waals surface area contributed by atoms with Crippen LogP contribution in [0.5, 0.6) is 0 Å². The highest BCUT2D eigenvalue weighted by atomic mass is 19.1. The van der Waals surface area contributed by atoms with E-state index in [4.69, 9.17) is 4.74 Å². The lowest BCUT2D eigenvalue weighted by Crippen LogP contribution is -2.42. The Kier molecular flexibility index (Phi) is 8.22. The van der Waals surface area contributed by atoms with Crippen LogP contribution in [0.15, 0.2) is 42.5 Å². The average molecular weight is 442 g/mol. The topological polar surface area (TPSA) is 61.9 Å². The molecule has 6 nitrogen and oxygen atoms in total. The number of rotatable bonds is 8. The van der Waals surface area contributed by atoms with Crippen LogP contribution in [0, 0.1) is 5.82 Å². The van der Waals surface area contributed by atoms with Crippen molar-refractivity contribution in [2.45, 2.75) is 44.7 Å². The molecule has 32 heavy (non-hydrogen) atoms. The minimum Gasteiger partial charge on any atom is -0.377 e. The molecule has 1 aliphatic rings. The van der Waals surface area contributed by atoms with Crippen molar-refractivity contribution in [3.05, 3.63) is 59.4 Å². The first-order valence-corrected chi connectivity index (χ1v) is 11.0. The first-order chi connectivity index (χ1) is 15.4. The Morgan fingerprint density at radius 3 is 2.50 bits per heavy atom. The lowest BCUT2D eigenvalue weighted by molar-refractivity contribution is -0.139. The van der Waals surface area contributed by atoms with Crippen LogP contribution in [0.25, 0.3) is 0 Å². The van der Waals surface area contributed by atoms with Crippen molar-refractivity contribution in [2.24, 2.45) is 0 Å². The van der Waals surface area contributed by atoms with Gasteiger partial charge in [-0.05, 0) is 54.8 Å². The highest BCUT2D eigenvalue weighted by Crippen LogP contribution is 2.29. The van der Waals surface area contributed by atoms with Crippen molar-refractivity contribution in [1.82, 2.24) is 4.90 Å². The summed E-state index contributed by atoms with van der Waals surface area (Å²) in [7, 11) is 5.43. The fraction of sp³-hybridized carbons (Fsp3) is 0.440. The van der Waals surface area contributed by atoms with E-state index in [9.17, 15) is 14.0 Å². The number of hydrogen-bond donors (Lipinski definition) is 1. The van der Waals surface area contributed by atoms with E-state index in [1.54, 1.807) is 6.07 Å². The zero-order valence-electron chi connectivity index (χ0n) is 19.1. The van der Waals surface area contributed by atoms with Crippen molar-refractivity contribution in [3.63, 3.8) is 0 Å². The fourth-order valence-electron chi connectivity index (χ4n) is 4.26. The molecule has 0 heterocycles. The summed E-state index contributed by atoms with van der Waals surface area (Å²) in [5.74, 6) is -0.868. The molecule has 3 rings (SSSR count). The number of carbonyl (C=O) groups excluding carboxylic acids is 2. The largest absolute Gasteiger partial charge is 0.377 e. The van der Waals surface area contributed by atoms with Crippen LogP contribution in [0.3, 0.4) is 0 Å². The molecule has 0 spiro atoms. The number of nitrogens with one attached hydrogen (secondary N) is 1. The maximum absolute atomic E-state index is 13.5. The van der Waals surface area contributed by atoms with Crippen LogP contribution in [-0.4, -0.2) is 50.6 Å². The summed E-state index contributed by atoms with van der Waals surface area (Å²) in [4.78, 5) is 29.4. The van der Waals surface area contributed by atoms with Gasteiger partial charge >= 0.3 is 0 Å². The Balaban J connectivity index is 1.87. The fourth-order valence-corrected chi connectivity index (χ4v) is 4.26. The Morgan fingerprint density at radius 1 is 1.09 bits per heavy atom. The van der Waals surface area contributed by atoms with E-state index in [0.717, 1.165) is 36.9 Å². The minimum atomic E-state index is -0.457. The second-order valence-electron chi connectivity index (χ2n) is 8.45. The van der Waals surface area contributed by atoms with E-state index < -0.39 is 5.82 Å². The summed E-state index contributed by atoms with van der Waals surface area (Å²) in [5.41, 5.74) is 2.76. The van der Waals surface area contributed by atoms with Crippen LogP contribution in [-0.2, 0) is 16.1 Å². The summed E-state index contributed by atoms with van der Waals surface area (Å²) in [6.07, 6.45) is 5.41. The first-order valence-electron chi connectivity index (χ1n) is 11.0. The third-order valence-electron chi connectivity index (χ3n) is 5.85. The van der Waals surface area contributed by atoms with Crippen molar-refractivity contribution in [3.8, 4) is 0 Å². The number of anilines is 2. The number of carbonyl (C=O) groups is 2. The predicted molar refractivity (Wildman–Crippen MR) is 124 cm³/mol. The number of nitrogens with zero attached hydrogens (tertiary/aromatic N) is 2.